The number of phenolic OH excluding ortho intramolecular Hbond substituents is 2. The summed E-state index contributed by atoms with van der Waals surface area (Å²) < 4.78 is 0. The van der Waals surface area contributed by atoms with Crippen molar-refractivity contribution in [3.05, 3.63) is 59.2 Å². The van der Waals surface area contributed by atoms with Gasteiger partial charge in [0.25, 0.3) is 0 Å². The Morgan fingerprint density at radius 3 is 2.53 bits per heavy atom. The third-order valence-electron chi connectivity index (χ3n) is 3.83. The number of hydrogen-bond donors (Lipinski definition) is 3. The second kappa shape index (κ2) is 4.94. The first-order valence-corrected chi connectivity index (χ1v) is 6.67. The summed E-state index contributed by atoms with van der Waals surface area (Å²) in [7, 11) is 0. The molecule has 1 atom stereocenters. The average molecular weight is 256 g/mol. The van der Waals surface area contributed by atoms with E-state index in [0.717, 1.165) is 30.6 Å². The first kappa shape index (κ1) is 12.1. The summed E-state index contributed by atoms with van der Waals surface area (Å²) in [5.74, 6) is 0.222. The fourth-order valence-electron chi connectivity index (χ4n) is 2.85. The molecule has 19 heavy (non-hydrogen) atoms. The van der Waals surface area contributed by atoms with Crippen molar-refractivity contribution in [1.29, 1.82) is 0 Å². The molecule has 3 rings (SSSR count). The van der Waals surface area contributed by atoms with E-state index in [1.807, 2.05) is 18.2 Å². The highest BCUT2D eigenvalue weighted by Crippen LogP contribution is 2.35. The van der Waals surface area contributed by atoms with Crippen LogP contribution >= 0.6 is 0 Å². The van der Waals surface area contributed by atoms with Crippen molar-refractivity contribution in [3.63, 3.8) is 0 Å². The number of fused-ring (bicyclic) bond motifs is 1. The van der Waals surface area contributed by atoms with E-state index in [2.05, 4.69) is 17.4 Å². The summed E-state index contributed by atoms with van der Waals surface area (Å²) in [4.78, 5) is 0. The van der Waals surface area contributed by atoms with E-state index in [9.17, 15) is 10.2 Å². The summed E-state index contributed by atoms with van der Waals surface area (Å²) in [6, 6.07) is 13.8. The zero-order valence-electron chi connectivity index (χ0n) is 10.7. The lowest BCUT2D eigenvalue weighted by Gasteiger charge is -2.17. The van der Waals surface area contributed by atoms with Crippen LogP contribution in [-0.4, -0.2) is 23.3 Å². The number of hydrogen-bond acceptors (Lipinski definition) is 2. The molecule has 1 aliphatic rings. The van der Waals surface area contributed by atoms with Crippen molar-refractivity contribution in [1.82, 2.24) is 0 Å². The number of phenols is 2. The third-order valence-corrected chi connectivity index (χ3v) is 3.83. The monoisotopic (exact) mass is 256 g/mol. The molecule has 3 nitrogen and oxygen atoms in total. The average Bonchev–Trinajstić information content (AvgIpc) is 2.63. The topological polar surface area (TPSA) is 57.1 Å². The smallest absolute Gasteiger partial charge is 0.157 e. The highest BCUT2D eigenvalue weighted by Gasteiger charge is 2.23. The van der Waals surface area contributed by atoms with Gasteiger partial charge in [-0.15, -0.1) is 0 Å². The van der Waals surface area contributed by atoms with Gasteiger partial charge in [0, 0.05) is 6.42 Å². The van der Waals surface area contributed by atoms with Crippen LogP contribution in [0.25, 0.3) is 0 Å². The van der Waals surface area contributed by atoms with Crippen LogP contribution in [0, 0.1) is 0 Å². The van der Waals surface area contributed by atoms with Crippen LogP contribution in [0.3, 0.4) is 0 Å². The zero-order chi connectivity index (χ0) is 13.2. The van der Waals surface area contributed by atoms with Crippen molar-refractivity contribution >= 4 is 0 Å². The van der Waals surface area contributed by atoms with Crippen LogP contribution in [0.2, 0.25) is 0 Å². The van der Waals surface area contributed by atoms with Crippen LogP contribution in [0.1, 0.15) is 22.6 Å². The molecule has 2 aromatic rings. The van der Waals surface area contributed by atoms with Gasteiger partial charge in [0.2, 0.25) is 0 Å². The number of aromatic hydroxyl groups is 2. The molecule has 98 valence electrons. The van der Waals surface area contributed by atoms with E-state index in [1.165, 1.54) is 5.56 Å². The van der Waals surface area contributed by atoms with Gasteiger partial charge in [-0.1, -0.05) is 30.3 Å². The SMILES string of the molecule is Oc1cc2c(cc1O)[C@H](c1ccccc1)C[NH2+]CC2. The summed E-state index contributed by atoms with van der Waals surface area (Å²) in [6.07, 6.45) is 0.923. The minimum atomic E-state index is -0.0263. The Morgan fingerprint density at radius 2 is 1.74 bits per heavy atom. The summed E-state index contributed by atoms with van der Waals surface area (Å²) in [5, 5.41) is 21.7. The second-order valence-corrected chi connectivity index (χ2v) is 5.07. The van der Waals surface area contributed by atoms with Crippen molar-refractivity contribution in [2.75, 3.05) is 13.1 Å². The molecule has 0 radical (unpaired) electrons. The fourth-order valence-corrected chi connectivity index (χ4v) is 2.85. The molecule has 0 amide bonds. The van der Waals surface area contributed by atoms with Crippen LogP contribution in [0.5, 0.6) is 11.5 Å². The van der Waals surface area contributed by atoms with Gasteiger partial charge in [0.05, 0.1) is 19.0 Å². The van der Waals surface area contributed by atoms with Gasteiger partial charge in [-0.05, 0) is 28.8 Å². The van der Waals surface area contributed by atoms with Crippen LogP contribution in [0.4, 0.5) is 0 Å². The van der Waals surface area contributed by atoms with Crippen LogP contribution < -0.4 is 5.32 Å². The quantitative estimate of drug-likeness (QED) is 0.675. The minimum absolute atomic E-state index is 0.0209. The fraction of sp³-hybridized carbons (Fsp3) is 0.250. The number of quaternary nitrogens is 1. The van der Waals surface area contributed by atoms with Crippen LogP contribution in [0.15, 0.2) is 42.5 Å². The summed E-state index contributed by atoms with van der Waals surface area (Å²) >= 11 is 0. The van der Waals surface area contributed by atoms with Gasteiger partial charge in [0.15, 0.2) is 11.5 Å². The lowest BCUT2D eigenvalue weighted by Crippen LogP contribution is -2.85. The van der Waals surface area contributed by atoms with Crippen molar-refractivity contribution in [3.8, 4) is 11.5 Å². The predicted molar refractivity (Wildman–Crippen MR) is 73.4 cm³/mol. The first-order chi connectivity index (χ1) is 9.25. The molecule has 0 aliphatic carbocycles. The number of rotatable bonds is 1. The van der Waals surface area contributed by atoms with E-state index in [0.29, 0.717) is 0 Å². The number of nitrogens with two attached hydrogens (primary N) is 1. The molecule has 0 saturated heterocycles. The molecule has 0 saturated carbocycles. The standard InChI is InChI=1S/C16H17NO2/c18-15-8-12-6-7-17-10-14(13(12)9-16(15)19)11-4-2-1-3-5-11/h1-5,8-9,14,17-19H,6-7,10H2/p+1/t14-/m0/s1. The highest BCUT2D eigenvalue weighted by atomic mass is 16.3. The third kappa shape index (κ3) is 2.29. The normalized spacial score (nSPS) is 18.6. The van der Waals surface area contributed by atoms with Crippen molar-refractivity contribution < 1.29 is 15.5 Å². The molecular formula is C16H18NO2+. The summed E-state index contributed by atoms with van der Waals surface area (Å²) in [6.45, 7) is 1.99. The number of benzene rings is 2. The Labute approximate surface area is 112 Å². The van der Waals surface area contributed by atoms with E-state index >= 15 is 0 Å². The van der Waals surface area contributed by atoms with Gasteiger partial charge >= 0.3 is 0 Å². The van der Waals surface area contributed by atoms with Gasteiger partial charge in [-0.25, -0.2) is 0 Å². The Bertz CT molecular complexity index is 581. The largest absolute Gasteiger partial charge is 0.504 e. The molecular weight excluding hydrogens is 238 g/mol. The van der Waals surface area contributed by atoms with E-state index < -0.39 is 0 Å². The maximum Gasteiger partial charge on any atom is 0.157 e. The van der Waals surface area contributed by atoms with Gasteiger partial charge in [-0.2, -0.15) is 0 Å². The maximum absolute atomic E-state index is 9.77. The minimum Gasteiger partial charge on any atom is -0.504 e. The maximum atomic E-state index is 9.77. The Morgan fingerprint density at radius 1 is 1.00 bits per heavy atom. The first-order valence-electron chi connectivity index (χ1n) is 6.67. The van der Waals surface area contributed by atoms with Gasteiger partial charge < -0.3 is 15.5 Å². The van der Waals surface area contributed by atoms with E-state index in [1.54, 1.807) is 12.1 Å². The zero-order valence-corrected chi connectivity index (χ0v) is 10.7. The van der Waals surface area contributed by atoms with Crippen LogP contribution in [-0.2, 0) is 6.42 Å². The molecule has 0 aromatic heterocycles. The van der Waals surface area contributed by atoms with Crippen molar-refractivity contribution in [2.24, 2.45) is 0 Å². The molecule has 1 heterocycles. The van der Waals surface area contributed by atoms with E-state index in [-0.39, 0.29) is 17.4 Å². The Balaban J connectivity index is 2.11. The lowest BCUT2D eigenvalue weighted by molar-refractivity contribution is -0.654. The molecule has 0 bridgehead atoms. The molecule has 0 spiro atoms. The lowest BCUT2D eigenvalue weighted by atomic mass is 9.88. The predicted octanol–water partition coefficient (Wildman–Crippen LogP) is 1.35. The Hall–Kier alpha value is -2.00. The second-order valence-electron chi connectivity index (χ2n) is 5.07. The highest BCUT2D eigenvalue weighted by molar-refractivity contribution is 5.49. The van der Waals surface area contributed by atoms with Crippen molar-refractivity contribution in [2.45, 2.75) is 12.3 Å². The van der Waals surface area contributed by atoms with E-state index in [4.69, 9.17) is 0 Å². The van der Waals surface area contributed by atoms with Gasteiger partial charge in [0.1, 0.15) is 0 Å². The molecule has 2 aromatic carbocycles. The molecule has 1 aliphatic heterocycles. The molecule has 4 N–H and O–H groups in total. The Kier molecular flexibility index (Phi) is 3.13. The molecule has 0 fully saturated rings. The van der Waals surface area contributed by atoms with Gasteiger partial charge in [-0.3, -0.25) is 0 Å². The molecule has 3 heteroatoms. The summed E-state index contributed by atoms with van der Waals surface area (Å²) in [5.41, 5.74) is 3.53. The molecule has 0 unspecified atom stereocenters.